The Balaban J connectivity index is 1.99. The van der Waals surface area contributed by atoms with Gasteiger partial charge in [0.05, 0.1) is 11.7 Å². The summed E-state index contributed by atoms with van der Waals surface area (Å²) in [5, 5.41) is 10.5. The minimum atomic E-state index is -0.309. The topological polar surface area (TPSA) is 76.7 Å². The van der Waals surface area contributed by atoms with E-state index in [0.717, 1.165) is 16.8 Å². The maximum Gasteiger partial charge on any atom is 0.343 e. The van der Waals surface area contributed by atoms with Crippen LogP contribution in [0.5, 0.6) is 0 Å². The zero-order valence-corrected chi connectivity index (χ0v) is 13.1. The summed E-state index contributed by atoms with van der Waals surface area (Å²) in [6.07, 6.45) is 0.436. The van der Waals surface area contributed by atoms with E-state index in [4.69, 9.17) is 4.52 Å². The highest BCUT2D eigenvalue weighted by molar-refractivity contribution is 5.26. The fourth-order valence-corrected chi connectivity index (χ4v) is 2.66. The number of hydrogen-bond donors (Lipinski definition) is 1. The first-order valence-corrected chi connectivity index (χ1v) is 7.30. The monoisotopic (exact) mass is 316 g/mol. The van der Waals surface area contributed by atoms with Gasteiger partial charge in [-0.3, -0.25) is 4.57 Å². The number of rotatable bonds is 4. The summed E-state index contributed by atoms with van der Waals surface area (Å²) in [6.45, 7) is 5.55. The second-order valence-electron chi connectivity index (χ2n) is 5.52. The van der Waals surface area contributed by atoms with Gasteiger partial charge < -0.3 is 4.52 Å². The highest BCUT2D eigenvalue weighted by Crippen LogP contribution is 2.21. The first-order chi connectivity index (χ1) is 11.0. The largest absolute Gasteiger partial charge is 0.361 e. The fraction of sp³-hybridized carbons (Fsp3) is 0.312. The number of hydrogen-bond acceptors (Lipinski definition) is 4. The van der Waals surface area contributed by atoms with Gasteiger partial charge in [0.2, 0.25) is 0 Å². The molecule has 7 heteroatoms. The van der Waals surface area contributed by atoms with Gasteiger partial charge in [0, 0.05) is 12.0 Å². The molecular formula is C16H17FN4O2. The van der Waals surface area contributed by atoms with Gasteiger partial charge in [-0.1, -0.05) is 17.3 Å². The first-order valence-electron chi connectivity index (χ1n) is 7.30. The Morgan fingerprint density at radius 3 is 2.61 bits per heavy atom. The molecule has 120 valence electrons. The van der Waals surface area contributed by atoms with Gasteiger partial charge in [-0.15, -0.1) is 0 Å². The normalized spacial score (nSPS) is 12.5. The van der Waals surface area contributed by atoms with Gasteiger partial charge in [-0.25, -0.2) is 14.3 Å². The zero-order valence-electron chi connectivity index (χ0n) is 13.1. The molecule has 0 saturated carbocycles. The quantitative estimate of drug-likeness (QED) is 0.802. The molecule has 1 N–H and O–H groups in total. The Labute approximate surface area is 131 Å². The predicted molar refractivity (Wildman–Crippen MR) is 81.8 cm³/mol. The minimum absolute atomic E-state index is 0.266. The molecule has 0 aliphatic rings. The number of aromatic nitrogens is 4. The Morgan fingerprint density at radius 1 is 1.30 bits per heavy atom. The Bertz CT molecular complexity index is 857. The lowest BCUT2D eigenvalue weighted by Crippen LogP contribution is -2.23. The van der Waals surface area contributed by atoms with Gasteiger partial charge in [-0.05, 0) is 38.5 Å². The minimum Gasteiger partial charge on any atom is -0.361 e. The number of nitrogens with zero attached hydrogens (tertiary/aromatic N) is 3. The molecule has 1 atom stereocenters. The number of benzene rings is 1. The lowest BCUT2D eigenvalue weighted by molar-refractivity contribution is 0.392. The average molecular weight is 316 g/mol. The van der Waals surface area contributed by atoms with Crippen molar-refractivity contribution < 1.29 is 8.91 Å². The summed E-state index contributed by atoms with van der Waals surface area (Å²) in [5.74, 6) is 0.983. The smallest absolute Gasteiger partial charge is 0.343 e. The van der Waals surface area contributed by atoms with Crippen molar-refractivity contribution >= 4 is 0 Å². The first kappa shape index (κ1) is 15.2. The maximum absolute atomic E-state index is 13.1. The molecule has 6 nitrogen and oxygen atoms in total. The summed E-state index contributed by atoms with van der Waals surface area (Å²) in [5.41, 5.74) is 2.22. The Hall–Kier alpha value is -2.70. The standard InChI is InChI=1S/C16H17FN4O2/c1-9-14(11(3)23-20-9)8-15-18-19-16(22)21(15)10(2)12-4-6-13(17)7-5-12/h4-7,10H,8H2,1-3H3,(H,19,22)/t10-/m1/s1. The van der Waals surface area contributed by atoms with Crippen LogP contribution in [-0.4, -0.2) is 19.9 Å². The lowest BCUT2D eigenvalue weighted by Gasteiger charge is -2.15. The van der Waals surface area contributed by atoms with E-state index in [0.29, 0.717) is 18.0 Å². The van der Waals surface area contributed by atoms with Crippen LogP contribution in [0.2, 0.25) is 0 Å². The van der Waals surface area contributed by atoms with E-state index in [1.54, 1.807) is 16.7 Å². The van der Waals surface area contributed by atoms with Crippen LogP contribution in [0.25, 0.3) is 0 Å². The average Bonchev–Trinajstić information content (AvgIpc) is 3.05. The Kier molecular flexibility index (Phi) is 3.85. The molecule has 2 aromatic heterocycles. The van der Waals surface area contributed by atoms with Gasteiger partial charge in [0.1, 0.15) is 17.4 Å². The third kappa shape index (κ3) is 2.81. The van der Waals surface area contributed by atoms with Crippen LogP contribution < -0.4 is 5.69 Å². The van der Waals surface area contributed by atoms with Crippen LogP contribution in [0.1, 0.15) is 41.4 Å². The van der Waals surface area contributed by atoms with E-state index in [2.05, 4.69) is 15.4 Å². The molecule has 0 spiro atoms. The maximum atomic E-state index is 13.1. The molecule has 0 aliphatic heterocycles. The summed E-state index contributed by atoms with van der Waals surface area (Å²) in [4.78, 5) is 12.2. The van der Waals surface area contributed by atoms with Crippen LogP contribution in [0, 0.1) is 19.7 Å². The number of aryl methyl sites for hydroxylation is 2. The van der Waals surface area contributed by atoms with E-state index in [9.17, 15) is 9.18 Å². The van der Waals surface area contributed by atoms with Crippen LogP contribution in [0.3, 0.4) is 0 Å². The number of nitrogens with one attached hydrogen (secondary N) is 1. The van der Waals surface area contributed by atoms with E-state index in [1.165, 1.54) is 12.1 Å². The molecule has 2 heterocycles. The SMILES string of the molecule is Cc1noc(C)c1Cc1n[nH]c(=O)n1[C@H](C)c1ccc(F)cc1. The van der Waals surface area contributed by atoms with Gasteiger partial charge in [0.25, 0.3) is 0 Å². The molecule has 0 aliphatic carbocycles. The van der Waals surface area contributed by atoms with E-state index < -0.39 is 0 Å². The number of halogens is 1. The second-order valence-corrected chi connectivity index (χ2v) is 5.52. The molecule has 0 unspecified atom stereocenters. The van der Waals surface area contributed by atoms with Crippen molar-refractivity contribution in [3.8, 4) is 0 Å². The molecule has 3 rings (SSSR count). The highest BCUT2D eigenvalue weighted by Gasteiger charge is 2.19. The van der Waals surface area contributed by atoms with Gasteiger partial charge in [0.15, 0.2) is 0 Å². The third-order valence-electron chi connectivity index (χ3n) is 4.03. The van der Waals surface area contributed by atoms with Crippen molar-refractivity contribution in [2.75, 3.05) is 0 Å². The summed E-state index contributed by atoms with van der Waals surface area (Å²) >= 11 is 0. The van der Waals surface area contributed by atoms with Crippen LogP contribution in [0.15, 0.2) is 33.6 Å². The number of H-pyrrole nitrogens is 1. The van der Waals surface area contributed by atoms with Gasteiger partial charge in [-0.2, -0.15) is 5.10 Å². The van der Waals surface area contributed by atoms with Gasteiger partial charge >= 0.3 is 5.69 Å². The van der Waals surface area contributed by atoms with Crippen LogP contribution >= 0.6 is 0 Å². The number of aromatic amines is 1. The zero-order chi connectivity index (χ0) is 16.6. The molecular weight excluding hydrogens is 299 g/mol. The van der Waals surface area contributed by atoms with Crippen LogP contribution in [0.4, 0.5) is 4.39 Å². The summed E-state index contributed by atoms with van der Waals surface area (Å²) in [6, 6.07) is 5.82. The van der Waals surface area contributed by atoms with Crippen molar-refractivity contribution in [2.24, 2.45) is 0 Å². The van der Waals surface area contributed by atoms with Crippen molar-refractivity contribution in [3.63, 3.8) is 0 Å². The van der Waals surface area contributed by atoms with E-state index in [1.807, 2.05) is 20.8 Å². The van der Waals surface area contributed by atoms with Crippen molar-refractivity contribution in [3.05, 3.63) is 69.0 Å². The van der Waals surface area contributed by atoms with Crippen molar-refractivity contribution in [1.29, 1.82) is 0 Å². The molecule has 1 aromatic carbocycles. The summed E-state index contributed by atoms with van der Waals surface area (Å²) < 4.78 is 19.8. The third-order valence-corrected chi connectivity index (χ3v) is 4.03. The Morgan fingerprint density at radius 2 is 2.00 bits per heavy atom. The molecule has 0 saturated heterocycles. The lowest BCUT2D eigenvalue weighted by atomic mass is 10.1. The molecule has 0 bridgehead atoms. The van der Waals surface area contributed by atoms with E-state index in [-0.39, 0.29) is 17.5 Å². The van der Waals surface area contributed by atoms with Crippen LogP contribution in [-0.2, 0) is 6.42 Å². The molecule has 0 radical (unpaired) electrons. The highest BCUT2D eigenvalue weighted by atomic mass is 19.1. The predicted octanol–water partition coefficient (Wildman–Crippen LogP) is 2.52. The summed E-state index contributed by atoms with van der Waals surface area (Å²) in [7, 11) is 0. The molecule has 0 fully saturated rings. The molecule has 0 amide bonds. The van der Waals surface area contributed by atoms with Crippen molar-refractivity contribution in [2.45, 2.75) is 33.2 Å². The molecule has 23 heavy (non-hydrogen) atoms. The van der Waals surface area contributed by atoms with E-state index >= 15 is 0 Å². The van der Waals surface area contributed by atoms with Crippen molar-refractivity contribution in [1.82, 2.24) is 19.9 Å². The second kappa shape index (κ2) is 5.83. The molecule has 3 aromatic rings. The fourth-order valence-electron chi connectivity index (χ4n) is 2.66.